The van der Waals surface area contributed by atoms with Crippen molar-refractivity contribution in [1.29, 1.82) is 0 Å². The van der Waals surface area contributed by atoms with Gasteiger partial charge in [0, 0.05) is 12.5 Å². The quantitative estimate of drug-likeness (QED) is 0.869. The third-order valence-electron chi connectivity index (χ3n) is 4.60. The van der Waals surface area contributed by atoms with Crippen molar-refractivity contribution in [2.45, 2.75) is 31.6 Å². The lowest BCUT2D eigenvalue weighted by Gasteiger charge is -2.28. The first kappa shape index (κ1) is 11.6. The maximum absolute atomic E-state index is 12.2. The van der Waals surface area contributed by atoms with E-state index >= 15 is 0 Å². The lowest BCUT2D eigenvalue weighted by atomic mass is 9.73. The molecule has 1 saturated carbocycles. The van der Waals surface area contributed by atoms with Crippen LogP contribution in [-0.4, -0.2) is 19.6 Å². The molecule has 1 spiro atoms. The summed E-state index contributed by atoms with van der Waals surface area (Å²) >= 11 is 0. The van der Waals surface area contributed by atoms with E-state index in [1.807, 2.05) is 12.1 Å². The lowest BCUT2D eigenvalue weighted by molar-refractivity contribution is -0.127. The average molecular weight is 245 g/mol. The molecule has 0 radical (unpaired) electrons. The molecule has 1 atom stereocenters. The zero-order valence-corrected chi connectivity index (χ0v) is 10.7. The largest absolute Gasteiger partial charge is 0.497 e. The van der Waals surface area contributed by atoms with Crippen LogP contribution in [0, 0.1) is 5.41 Å². The lowest BCUT2D eigenvalue weighted by Crippen LogP contribution is -2.31. The summed E-state index contributed by atoms with van der Waals surface area (Å²) in [6, 6.07) is 8.18. The van der Waals surface area contributed by atoms with E-state index in [4.69, 9.17) is 4.74 Å². The molecule has 1 heterocycles. The van der Waals surface area contributed by atoms with Gasteiger partial charge in [0.25, 0.3) is 0 Å². The van der Waals surface area contributed by atoms with Crippen LogP contribution < -0.4 is 10.1 Å². The van der Waals surface area contributed by atoms with Crippen molar-refractivity contribution in [3.8, 4) is 5.75 Å². The summed E-state index contributed by atoms with van der Waals surface area (Å²) in [6.45, 7) is 0.783. The van der Waals surface area contributed by atoms with Crippen LogP contribution in [0.2, 0.25) is 0 Å². The van der Waals surface area contributed by atoms with Crippen molar-refractivity contribution in [2.75, 3.05) is 13.7 Å². The van der Waals surface area contributed by atoms with Gasteiger partial charge in [-0.3, -0.25) is 4.79 Å². The summed E-state index contributed by atoms with van der Waals surface area (Å²) in [7, 11) is 1.67. The molecule has 1 saturated heterocycles. The summed E-state index contributed by atoms with van der Waals surface area (Å²) in [5.41, 5.74) is 1.13. The second-order valence-corrected chi connectivity index (χ2v) is 5.40. The minimum atomic E-state index is -0.130. The molecule has 1 aromatic carbocycles. The minimum absolute atomic E-state index is 0.130. The van der Waals surface area contributed by atoms with Gasteiger partial charge in [0.2, 0.25) is 5.91 Å². The van der Waals surface area contributed by atoms with E-state index in [-0.39, 0.29) is 11.3 Å². The number of hydrogen-bond donors (Lipinski definition) is 1. The number of ether oxygens (including phenoxy) is 1. The zero-order valence-electron chi connectivity index (χ0n) is 10.7. The van der Waals surface area contributed by atoms with Crippen LogP contribution in [0.4, 0.5) is 0 Å². The highest BCUT2D eigenvalue weighted by Crippen LogP contribution is 2.51. The van der Waals surface area contributed by atoms with E-state index in [9.17, 15) is 4.79 Å². The molecule has 1 aliphatic carbocycles. The molecule has 1 N–H and O–H groups in total. The Bertz CT molecular complexity index is 446. The van der Waals surface area contributed by atoms with Crippen LogP contribution in [0.1, 0.15) is 37.2 Å². The number of methoxy groups -OCH3 is 1. The summed E-state index contributed by atoms with van der Waals surface area (Å²) < 4.78 is 5.19. The smallest absolute Gasteiger partial charge is 0.226 e. The summed E-state index contributed by atoms with van der Waals surface area (Å²) in [5, 5.41) is 3.06. The van der Waals surface area contributed by atoms with Crippen LogP contribution in [-0.2, 0) is 4.79 Å². The van der Waals surface area contributed by atoms with Crippen molar-refractivity contribution < 1.29 is 9.53 Å². The molecule has 0 unspecified atom stereocenters. The Labute approximate surface area is 108 Å². The second-order valence-electron chi connectivity index (χ2n) is 5.40. The van der Waals surface area contributed by atoms with Gasteiger partial charge in [0.1, 0.15) is 5.75 Å². The van der Waals surface area contributed by atoms with E-state index < -0.39 is 0 Å². The number of carbonyl (C=O) groups is 1. The van der Waals surface area contributed by atoms with Gasteiger partial charge in [0.15, 0.2) is 0 Å². The Kier molecular flexibility index (Phi) is 2.77. The minimum Gasteiger partial charge on any atom is -0.497 e. The first-order valence-electron chi connectivity index (χ1n) is 6.68. The molecule has 2 aliphatic rings. The highest BCUT2D eigenvalue weighted by Gasteiger charge is 2.51. The maximum Gasteiger partial charge on any atom is 0.226 e. The van der Waals surface area contributed by atoms with E-state index in [0.717, 1.165) is 25.1 Å². The second kappa shape index (κ2) is 4.30. The van der Waals surface area contributed by atoms with E-state index in [1.165, 1.54) is 18.4 Å². The van der Waals surface area contributed by atoms with Gasteiger partial charge in [0.05, 0.1) is 12.5 Å². The van der Waals surface area contributed by atoms with Crippen LogP contribution in [0.15, 0.2) is 24.3 Å². The Morgan fingerprint density at radius 3 is 2.50 bits per heavy atom. The topological polar surface area (TPSA) is 38.3 Å². The first-order chi connectivity index (χ1) is 8.76. The fourth-order valence-corrected chi connectivity index (χ4v) is 3.58. The van der Waals surface area contributed by atoms with Crippen molar-refractivity contribution in [3.05, 3.63) is 29.8 Å². The Hall–Kier alpha value is -1.51. The molecule has 1 aliphatic heterocycles. The Morgan fingerprint density at radius 1 is 1.22 bits per heavy atom. The van der Waals surface area contributed by atoms with Crippen LogP contribution >= 0.6 is 0 Å². The predicted octanol–water partition coefficient (Wildman–Crippen LogP) is 2.47. The first-order valence-corrected chi connectivity index (χ1v) is 6.68. The third kappa shape index (κ3) is 1.61. The van der Waals surface area contributed by atoms with Crippen LogP contribution in [0.3, 0.4) is 0 Å². The molecule has 0 bridgehead atoms. The van der Waals surface area contributed by atoms with Crippen molar-refractivity contribution in [3.63, 3.8) is 0 Å². The molecule has 3 rings (SSSR count). The molecular weight excluding hydrogens is 226 g/mol. The Balaban J connectivity index is 1.92. The molecule has 3 nitrogen and oxygen atoms in total. The predicted molar refractivity (Wildman–Crippen MR) is 69.6 cm³/mol. The Morgan fingerprint density at radius 2 is 1.89 bits per heavy atom. The van der Waals surface area contributed by atoms with Gasteiger partial charge >= 0.3 is 0 Å². The monoisotopic (exact) mass is 245 g/mol. The number of carbonyl (C=O) groups excluding carboxylic acids is 1. The van der Waals surface area contributed by atoms with Gasteiger partial charge in [-0.1, -0.05) is 25.0 Å². The SMILES string of the molecule is COc1ccc([C@@H]2CNC(=O)C23CCCC3)cc1. The van der Waals surface area contributed by atoms with Gasteiger partial charge in [-0.2, -0.15) is 0 Å². The van der Waals surface area contributed by atoms with Gasteiger partial charge in [-0.15, -0.1) is 0 Å². The molecule has 2 fully saturated rings. The van der Waals surface area contributed by atoms with E-state index in [1.54, 1.807) is 7.11 Å². The number of rotatable bonds is 2. The number of benzene rings is 1. The summed E-state index contributed by atoms with van der Waals surface area (Å²) in [6.07, 6.45) is 4.44. The fraction of sp³-hybridized carbons (Fsp3) is 0.533. The number of amides is 1. The molecular formula is C15H19NO2. The molecule has 3 heteroatoms. The molecule has 1 amide bonds. The molecule has 0 aromatic heterocycles. The standard InChI is InChI=1S/C15H19NO2/c1-18-12-6-4-11(5-7-12)13-10-16-14(17)15(13)8-2-3-9-15/h4-7,13H,2-3,8-10H2,1H3,(H,16,17)/t13-/m0/s1. The normalized spacial score (nSPS) is 25.4. The molecule has 96 valence electrons. The molecule has 18 heavy (non-hydrogen) atoms. The highest BCUT2D eigenvalue weighted by atomic mass is 16.5. The van der Waals surface area contributed by atoms with Crippen LogP contribution in [0.5, 0.6) is 5.75 Å². The summed E-state index contributed by atoms with van der Waals surface area (Å²) in [4.78, 5) is 12.2. The zero-order chi connectivity index (χ0) is 12.6. The molecule has 1 aromatic rings. The van der Waals surface area contributed by atoms with Gasteiger partial charge in [-0.05, 0) is 30.5 Å². The van der Waals surface area contributed by atoms with Crippen molar-refractivity contribution >= 4 is 5.91 Å². The highest BCUT2D eigenvalue weighted by molar-refractivity contribution is 5.86. The fourth-order valence-electron chi connectivity index (χ4n) is 3.58. The number of hydrogen-bond acceptors (Lipinski definition) is 2. The van der Waals surface area contributed by atoms with Crippen molar-refractivity contribution in [1.82, 2.24) is 5.32 Å². The van der Waals surface area contributed by atoms with Gasteiger partial charge in [-0.25, -0.2) is 0 Å². The van der Waals surface area contributed by atoms with Crippen LogP contribution in [0.25, 0.3) is 0 Å². The number of nitrogens with one attached hydrogen (secondary N) is 1. The van der Waals surface area contributed by atoms with Gasteiger partial charge < -0.3 is 10.1 Å². The third-order valence-corrected chi connectivity index (χ3v) is 4.60. The average Bonchev–Trinajstić information content (AvgIpc) is 3.01. The summed E-state index contributed by atoms with van der Waals surface area (Å²) in [5.74, 6) is 1.47. The van der Waals surface area contributed by atoms with E-state index in [2.05, 4.69) is 17.4 Å². The maximum atomic E-state index is 12.2. The van der Waals surface area contributed by atoms with Crippen molar-refractivity contribution in [2.24, 2.45) is 5.41 Å². The van der Waals surface area contributed by atoms with E-state index in [0.29, 0.717) is 5.92 Å².